The van der Waals surface area contributed by atoms with E-state index in [0.717, 1.165) is 12.3 Å². The zero-order valence-corrected chi connectivity index (χ0v) is 16.9. The third kappa shape index (κ3) is 4.68. The molecule has 1 atom stereocenters. The molecule has 0 bridgehead atoms. The number of nitrogens with zero attached hydrogens (tertiary/aromatic N) is 2. The van der Waals surface area contributed by atoms with Crippen LogP contribution in [-0.4, -0.2) is 32.8 Å². The van der Waals surface area contributed by atoms with Crippen molar-refractivity contribution in [3.8, 4) is 0 Å². The van der Waals surface area contributed by atoms with E-state index in [0.29, 0.717) is 0 Å². The van der Waals surface area contributed by atoms with Crippen LogP contribution in [0.4, 0.5) is 17.6 Å². The predicted molar refractivity (Wildman–Crippen MR) is 102 cm³/mol. The van der Waals surface area contributed by atoms with Gasteiger partial charge >= 0.3 is 6.18 Å². The van der Waals surface area contributed by atoms with Crippen LogP contribution in [0, 0.1) is 0 Å². The molecule has 3 rings (SSSR count). The Bertz CT molecular complexity index is 934. The fraction of sp³-hybridized carbons (Fsp3) is 0.421. The Hall–Kier alpha value is -1.97. The fourth-order valence-electron chi connectivity index (χ4n) is 3.51. The predicted octanol–water partition coefficient (Wildman–Crippen LogP) is 4.92. The van der Waals surface area contributed by atoms with Gasteiger partial charge in [0.25, 0.3) is 5.91 Å². The van der Waals surface area contributed by atoms with Crippen LogP contribution in [0.2, 0.25) is 10.2 Å². The van der Waals surface area contributed by atoms with E-state index in [1.165, 1.54) is 18.3 Å². The van der Waals surface area contributed by atoms with Crippen molar-refractivity contribution in [3.63, 3.8) is 0 Å². The number of nitrogens with one attached hydrogen (secondary N) is 1. The molecule has 1 unspecified atom stereocenters. The Morgan fingerprint density at radius 2 is 1.87 bits per heavy atom. The highest BCUT2D eigenvalue weighted by molar-refractivity contribution is 6.34. The zero-order chi connectivity index (χ0) is 22.1. The number of alkyl halides is 4. The molecule has 30 heavy (non-hydrogen) atoms. The van der Waals surface area contributed by atoms with Gasteiger partial charge in [-0.25, -0.2) is 9.37 Å². The Balaban J connectivity index is 1.98. The molecule has 162 valence electrons. The number of pyridine rings is 2. The van der Waals surface area contributed by atoms with Gasteiger partial charge in [-0.1, -0.05) is 29.3 Å². The Kier molecular flexibility index (Phi) is 6.54. The summed E-state index contributed by atoms with van der Waals surface area (Å²) in [5.74, 6) is -0.964. The average Bonchev–Trinajstić information content (AvgIpc) is 2.68. The summed E-state index contributed by atoms with van der Waals surface area (Å²) in [6, 6.07) is 2.95. The van der Waals surface area contributed by atoms with Gasteiger partial charge in [0.2, 0.25) is 0 Å². The number of halogens is 6. The van der Waals surface area contributed by atoms with Gasteiger partial charge in [-0.15, -0.1) is 0 Å². The van der Waals surface area contributed by atoms with Crippen molar-refractivity contribution in [1.29, 1.82) is 0 Å². The molecule has 2 heterocycles. The van der Waals surface area contributed by atoms with Crippen LogP contribution in [0.15, 0.2) is 30.6 Å². The lowest BCUT2D eigenvalue weighted by Crippen LogP contribution is -2.48. The summed E-state index contributed by atoms with van der Waals surface area (Å²) in [6.45, 7) is 0. The Morgan fingerprint density at radius 1 is 1.20 bits per heavy atom. The third-order valence-corrected chi connectivity index (χ3v) is 5.79. The van der Waals surface area contributed by atoms with E-state index in [1.807, 2.05) is 0 Å². The molecule has 2 N–H and O–H groups in total. The van der Waals surface area contributed by atoms with Crippen LogP contribution in [-0.2, 0) is 6.18 Å². The summed E-state index contributed by atoms with van der Waals surface area (Å²) >= 11 is 11.9. The van der Waals surface area contributed by atoms with E-state index in [1.54, 1.807) is 0 Å². The highest BCUT2D eigenvalue weighted by Crippen LogP contribution is 2.41. The van der Waals surface area contributed by atoms with E-state index < -0.39 is 46.2 Å². The highest BCUT2D eigenvalue weighted by Gasteiger charge is 2.44. The summed E-state index contributed by atoms with van der Waals surface area (Å²) in [5.41, 5.74) is -3.18. The second-order valence-corrected chi connectivity index (χ2v) is 7.82. The first-order valence-corrected chi connectivity index (χ1v) is 9.78. The molecule has 2 aromatic rings. The molecular weight excluding hydrogens is 449 g/mol. The number of aromatic nitrogens is 2. The van der Waals surface area contributed by atoms with Crippen LogP contribution in [0.3, 0.4) is 0 Å². The summed E-state index contributed by atoms with van der Waals surface area (Å²) in [4.78, 5) is 20.0. The molecular formula is C19H17Cl2F4N3O2. The molecule has 1 saturated carbocycles. The molecule has 0 aliphatic heterocycles. The SMILES string of the molecule is O=C(NC(c1cccnc1Cl)C1(O)CCC(F)CC1)c1ccnc(C(F)(F)F)c1Cl. The molecule has 0 saturated heterocycles. The van der Waals surface area contributed by atoms with Gasteiger partial charge in [-0.05, 0) is 37.8 Å². The number of carbonyl (C=O) groups excluding carboxylic acids is 1. The number of aliphatic hydroxyl groups is 1. The van der Waals surface area contributed by atoms with E-state index in [2.05, 4.69) is 15.3 Å². The van der Waals surface area contributed by atoms with Crippen molar-refractivity contribution in [2.45, 2.75) is 49.7 Å². The van der Waals surface area contributed by atoms with E-state index in [4.69, 9.17) is 23.2 Å². The Morgan fingerprint density at radius 3 is 2.47 bits per heavy atom. The highest BCUT2D eigenvalue weighted by atomic mass is 35.5. The van der Waals surface area contributed by atoms with Gasteiger partial charge in [0.15, 0.2) is 5.69 Å². The van der Waals surface area contributed by atoms with Gasteiger partial charge in [0.05, 0.1) is 22.2 Å². The van der Waals surface area contributed by atoms with Crippen molar-refractivity contribution in [2.75, 3.05) is 0 Å². The maximum Gasteiger partial charge on any atom is 0.434 e. The second-order valence-electron chi connectivity index (χ2n) is 7.09. The van der Waals surface area contributed by atoms with Gasteiger partial charge < -0.3 is 10.4 Å². The maximum atomic E-state index is 13.6. The quantitative estimate of drug-likeness (QED) is 0.496. The van der Waals surface area contributed by atoms with Crippen molar-refractivity contribution in [2.24, 2.45) is 0 Å². The largest absolute Gasteiger partial charge is 0.434 e. The van der Waals surface area contributed by atoms with Gasteiger partial charge in [0, 0.05) is 18.0 Å². The Labute approximate surface area is 179 Å². The standard InChI is InChI=1S/C19H17Cl2F4N3O2/c20-13-11(5-9-26-15(13)19(23,24)25)17(29)28-14(12-2-1-8-27-16(12)21)18(30)6-3-10(22)4-7-18/h1-2,5,8-10,14,30H,3-4,6-7H2,(H,28,29). The molecule has 0 aromatic carbocycles. The number of carbonyl (C=O) groups is 1. The second kappa shape index (κ2) is 8.64. The van der Waals surface area contributed by atoms with E-state index in [9.17, 15) is 27.5 Å². The molecule has 11 heteroatoms. The smallest absolute Gasteiger partial charge is 0.387 e. The minimum Gasteiger partial charge on any atom is -0.387 e. The number of rotatable bonds is 4. The molecule has 1 amide bonds. The lowest BCUT2D eigenvalue weighted by molar-refractivity contribution is -0.141. The third-order valence-electron chi connectivity index (χ3n) is 5.10. The summed E-state index contributed by atoms with van der Waals surface area (Å²) < 4.78 is 52.9. The molecule has 0 spiro atoms. The van der Waals surface area contributed by atoms with E-state index >= 15 is 0 Å². The summed E-state index contributed by atoms with van der Waals surface area (Å²) in [7, 11) is 0. The van der Waals surface area contributed by atoms with Gasteiger partial charge in [0.1, 0.15) is 11.3 Å². The van der Waals surface area contributed by atoms with Crippen LogP contribution in [0.25, 0.3) is 0 Å². The van der Waals surface area contributed by atoms with Crippen LogP contribution in [0.5, 0.6) is 0 Å². The summed E-state index contributed by atoms with van der Waals surface area (Å²) in [5, 5.41) is 12.8. The van der Waals surface area contributed by atoms with E-state index in [-0.39, 0.29) is 36.4 Å². The monoisotopic (exact) mass is 465 g/mol. The first kappa shape index (κ1) is 22.7. The maximum absolute atomic E-state index is 13.6. The minimum atomic E-state index is -4.85. The van der Waals surface area contributed by atoms with Crippen molar-refractivity contribution in [1.82, 2.24) is 15.3 Å². The van der Waals surface area contributed by atoms with Crippen LogP contribution < -0.4 is 5.32 Å². The minimum absolute atomic E-state index is 0.00426. The number of hydrogen-bond acceptors (Lipinski definition) is 4. The summed E-state index contributed by atoms with van der Waals surface area (Å²) in [6.07, 6.45) is -3.55. The first-order chi connectivity index (χ1) is 14.0. The average molecular weight is 466 g/mol. The fourth-order valence-corrected chi connectivity index (χ4v) is 4.05. The van der Waals surface area contributed by atoms with Gasteiger partial charge in [-0.3, -0.25) is 9.78 Å². The van der Waals surface area contributed by atoms with Crippen molar-refractivity contribution < 1.29 is 27.5 Å². The topological polar surface area (TPSA) is 75.1 Å². The van der Waals surface area contributed by atoms with Crippen molar-refractivity contribution >= 4 is 29.1 Å². The first-order valence-electron chi connectivity index (χ1n) is 9.02. The van der Waals surface area contributed by atoms with Crippen LogP contribution >= 0.6 is 23.2 Å². The molecule has 5 nitrogen and oxygen atoms in total. The number of hydrogen-bond donors (Lipinski definition) is 2. The molecule has 1 aliphatic rings. The zero-order valence-electron chi connectivity index (χ0n) is 15.4. The normalized spacial score (nSPS) is 23.1. The molecule has 1 fully saturated rings. The lowest BCUT2D eigenvalue weighted by atomic mass is 9.76. The molecule has 2 aromatic heterocycles. The van der Waals surface area contributed by atoms with Crippen molar-refractivity contribution in [3.05, 3.63) is 57.6 Å². The lowest BCUT2D eigenvalue weighted by Gasteiger charge is -2.40. The van der Waals surface area contributed by atoms with Gasteiger partial charge in [-0.2, -0.15) is 13.2 Å². The number of amides is 1. The van der Waals surface area contributed by atoms with Crippen LogP contribution in [0.1, 0.15) is 53.3 Å². The molecule has 0 radical (unpaired) electrons. The molecule has 1 aliphatic carbocycles.